The van der Waals surface area contributed by atoms with E-state index in [2.05, 4.69) is 0 Å². The van der Waals surface area contributed by atoms with Crippen molar-refractivity contribution in [3.8, 4) is 11.1 Å². The quantitative estimate of drug-likeness (QED) is 0.456. The number of hydrogen-bond donors (Lipinski definition) is 0. The number of fused-ring (bicyclic) bond motifs is 3. The largest absolute Gasteiger partial charge is 0.460 e. The van der Waals surface area contributed by atoms with Gasteiger partial charge in [0.2, 0.25) is 0 Å². The smallest absolute Gasteiger partial charge is 0.348 e. The lowest BCUT2D eigenvalue weighted by Gasteiger charge is -2.00. The molecule has 0 bridgehead atoms. The monoisotopic (exact) mass is 310 g/mol. The third-order valence-electron chi connectivity index (χ3n) is 3.74. The van der Waals surface area contributed by atoms with Crippen LogP contribution >= 0.6 is 11.6 Å². The first-order valence-electron chi connectivity index (χ1n) is 6.86. The predicted molar refractivity (Wildman–Crippen MR) is 87.4 cm³/mol. The van der Waals surface area contributed by atoms with Gasteiger partial charge in [0.1, 0.15) is 16.7 Å². The minimum absolute atomic E-state index is 0.402. The molecule has 0 fully saturated rings. The third-order valence-corrected chi connectivity index (χ3v) is 3.97. The van der Waals surface area contributed by atoms with Crippen LogP contribution in [0.15, 0.2) is 62.2 Å². The zero-order valence-electron chi connectivity index (χ0n) is 11.7. The molecule has 4 rings (SSSR count). The molecule has 0 spiro atoms. The van der Waals surface area contributed by atoms with Gasteiger partial charge in [-0.3, -0.25) is 0 Å². The Hall–Kier alpha value is -2.52. The highest BCUT2D eigenvalue weighted by molar-refractivity contribution is 6.31. The van der Waals surface area contributed by atoms with Gasteiger partial charge in [0.25, 0.3) is 0 Å². The van der Waals surface area contributed by atoms with E-state index in [4.69, 9.17) is 20.4 Å². The van der Waals surface area contributed by atoms with Crippen LogP contribution in [0.4, 0.5) is 0 Å². The molecule has 0 saturated heterocycles. The normalized spacial score (nSPS) is 11.4. The van der Waals surface area contributed by atoms with Crippen molar-refractivity contribution in [1.82, 2.24) is 0 Å². The summed E-state index contributed by atoms with van der Waals surface area (Å²) >= 11 is 6.06. The van der Waals surface area contributed by atoms with Crippen LogP contribution in [0.1, 0.15) is 5.76 Å². The van der Waals surface area contributed by atoms with Gasteiger partial charge in [0, 0.05) is 10.6 Å². The minimum Gasteiger partial charge on any atom is -0.460 e. The SMILES string of the molecule is Cc1oc2c(c1-c1ccccc1)c(=O)oc1ccc(Cl)cc12. The van der Waals surface area contributed by atoms with E-state index >= 15 is 0 Å². The van der Waals surface area contributed by atoms with E-state index in [1.54, 1.807) is 18.2 Å². The van der Waals surface area contributed by atoms with Crippen LogP contribution in [-0.2, 0) is 0 Å². The summed E-state index contributed by atoms with van der Waals surface area (Å²) in [6.07, 6.45) is 0. The highest BCUT2D eigenvalue weighted by Crippen LogP contribution is 2.36. The second-order valence-corrected chi connectivity index (χ2v) is 5.57. The molecule has 0 saturated carbocycles. The number of rotatable bonds is 1. The summed E-state index contributed by atoms with van der Waals surface area (Å²) in [5, 5.41) is 1.73. The van der Waals surface area contributed by atoms with E-state index in [1.165, 1.54) is 0 Å². The number of aryl methyl sites for hydroxylation is 1. The molecule has 3 nitrogen and oxygen atoms in total. The fourth-order valence-electron chi connectivity index (χ4n) is 2.80. The second-order valence-electron chi connectivity index (χ2n) is 5.13. The average Bonchev–Trinajstić information content (AvgIpc) is 2.87. The van der Waals surface area contributed by atoms with E-state index in [0.29, 0.717) is 32.7 Å². The summed E-state index contributed by atoms with van der Waals surface area (Å²) in [4.78, 5) is 12.4. The number of hydrogen-bond acceptors (Lipinski definition) is 3. The van der Waals surface area contributed by atoms with E-state index in [-0.39, 0.29) is 0 Å². The van der Waals surface area contributed by atoms with Crippen molar-refractivity contribution in [2.75, 3.05) is 0 Å². The average molecular weight is 311 g/mol. The van der Waals surface area contributed by atoms with Gasteiger partial charge in [-0.1, -0.05) is 41.9 Å². The van der Waals surface area contributed by atoms with Gasteiger partial charge in [-0.15, -0.1) is 0 Å². The maximum absolute atomic E-state index is 12.4. The van der Waals surface area contributed by atoms with Crippen LogP contribution in [0.2, 0.25) is 5.02 Å². The highest BCUT2D eigenvalue weighted by Gasteiger charge is 2.20. The molecule has 2 aromatic heterocycles. The Kier molecular flexibility index (Phi) is 2.84. The Balaban J connectivity index is 2.21. The van der Waals surface area contributed by atoms with Crippen LogP contribution in [-0.4, -0.2) is 0 Å². The maximum atomic E-state index is 12.4. The standard InChI is InChI=1S/C18H11ClO3/c1-10-15(11-5-3-2-4-6-11)16-17(21-10)13-9-12(19)7-8-14(13)22-18(16)20/h2-9H,1H3. The summed E-state index contributed by atoms with van der Waals surface area (Å²) in [5.41, 5.74) is 2.28. The Morgan fingerprint density at radius 3 is 2.55 bits per heavy atom. The number of furan rings is 1. The van der Waals surface area contributed by atoms with Crippen LogP contribution < -0.4 is 5.63 Å². The van der Waals surface area contributed by atoms with Crippen molar-refractivity contribution >= 4 is 33.5 Å². The molecule has 22 heavy (non-hydrogen) atoms. The molecule has 0 aliphatic rings. The first-order chi connectivity index (χ1) is 10.6. The van der Waals surface area contributed by atoms with E-state index in [0.717, 1.165) is 11.1 Å². The van der Waals surface area contributed by atoms with Gasteiger partial charge in [-0.2, -0.15) is 0 Å². The summed E-state index contributed by atoms with van der Waals surface area (Å²) in [6, 6.07) is 14.8. The molecule has 0 N–H and O–H groups in total. The number of halogens is 1. The molecular formula is C18H11ClO3. The van der Waals surface area contributed by atoms with Crippen molar-refractivity contribution in [3.05, 3.63) is 69.7 Å². The van der Waals surface area contributed by atoms with Gasteiger partial charge in [0.15, 0.2) is 5.58 Å². The van der Waals surface area contributed by atoms with Crippen molar-refractivity contribution in [1.29, 1.82) is 0 Å². The van der Waals surface area contributed by atoms with Gasteiger partial charge in [-0.05, 0) is 30.7 Å². The fourth-order valence-corrected chi connectivity index (χ4v) is 2.97. The molecule has 4 aromatic rings. The molecule has 0 atom stereocenters. The zero-order chi connectivity index (χ0) is 15.3. The van der Waals surface area contributed by atoms with Crippen LogP contribution in [0.3, 0.4) is 0 Å². The van der Waals surface area contributed by atoms with Gasteiger partial charge in [0.05, 0.1) is 5.39 Å². The molecule has 4 heteroatoms. The minimum atomic E-state index is -0.402. The molecule has 108 valence electrons. The first-order valence-corrected chi connectivity index (χ1v) is 7.24. The second kappa shape index (κ2) is 4.75. The molecule has 2 aromatic carbocycles. The van der Waals surface area contributed by atoms with Crippen molar-refractivity contribution in [3.63, 3.8) is 0 Å². The topological polar surface area (TPSA) is 43.4 Å². The van der Waals surface area contributed by atoms with Crippen molar-refractivity contribution in [2.45, 2.75) is 6.92 Å². The summed E-state index contributed by atoms with van der Waals surface area (Å²) < 4.78 is 11.3. The van der Waals surface area contributed by atoms with E-state index < -0.39 is 5.63 Å². The zero-order valence-corrected chi connectivity index (χ0v) is 12.5. The van der Waals surface area contributed by atoms with Gasteiger partial charge in [-0.25, -0.2) is 4.79 Å². The number of benzene rings is 2. The Morgan fingerprint density at radius 2 is 1.77 bits per heavy atom. The lowest BCUT2D eigenvalue weighted by molar-refractivity contribution is 0.559. The Labute approximate surface area is 130 Å². The van der Waals surface area contributed by atoms with E-state index in [1.807, 2.05) is 37.3 Å². The first kappa shape index (κ1) is 13.2. The van der Waals surface area contributed by atoms with Crippen molar-refractivity contribution < 1.29 is 8.83 Å². The third kappa shape index (κ3) is 1.86. The molecule has 0 amide bonds. The predicted octanol–water partition coefficient (Wildman–Crippen LogP) is 5.17. The summed E-state index contributed by atoms with van der Waals surface area (Å²) in [7, 11) is 0. The van der Waals surface area contributed by atoms with Gasteiger partial charge < -0.3 is 8.83 Å². The lowest BCUT2D eigenvalue weighted by atomic mass is 10.0. The van der Waals surface area contributed by atoms with Gasteiger partial charge >= 0.3 is 5.63 Å². The van der Waals surface area contributed by atoms with Crippen LogP contribution in [0.25, 0.3) is 33.1 Å². The Bertz CT molecular complexity index is 1060. The molecular weight excluding hydrogens is 300 g/mol. The highest BCUT2D eigenvalue weighted by atomic mass is 35.5. The molecule has 0 aliphatic heterocycles. The Morgan fingerprint density at radius 1 is 1.00 bits per heavy atom. The molecule has 0 aliphatic carbocycles. The molecule has 2 heterocycles. The molecule has 0 unspecified atom stereocenters. The van der Waals surface area contributed by atoms with Crippen LogP contribution in [0.5, 0.6) is 0 Å². The summed E-state index contributed by atoms with van der Waals surface area (Å²) in [5.74, 6) is 0.681. The lowest BCUT2D eigenvalue weighted by Crippen LogP contribution is -1.99. The maximum Gasteiger partial charge on any atom is 0.348 e. The van der Waals surface area contributed by atoms with E-state index in [9.17, 15) is 4.79 Å². The summed E-state index contributed by atoms with van der Waals surface area (Å²) in [6.45, 7) is 1.85. The van der Waals surface area contributed by atoms with Crippen molar-refractivity contribution in [2.24, 2.45) is 0 Å². The van der Waals surface area contributed by atoms with Crippen LogP contribution in [0, 0.1) is 6.92 Å². The fraction of sp³-hybridized carbons (Fsp3) is 0.0556. The molecule has 0 radical (unpaired) electrons.